The van der Waals surface area contributed by atoms with Gasteiger partial charge < -0.3 is 5.32 Å². The molecule has 0 amide bonds. The largest absolute Gasteiger partial charge is 0.314 e. The van der Waals surface area contributed by atoms with Gasteiger partial charge in [0.05, 0.1) is 0 Å². The van der Waals surface area contributed by atoms with Crippen molar-refractivity contribution in [2.45, 2.75) is 59.4 Å². The van der Waals surface area contributed by atoms with Crippen molar-refractivity contribution >= 4 is 11.3 Å². The van der Waals surface area contributed by atoms with E-state index in [0.29, 0.717) is 11.5 Å². The van der Waals surface area contributed by atoms with Crippen LogP contribution in [0, 0.1) is 17.3 Å². The third kappa shape index (κ3) is 4.61. The van der Waals surface area contributed by atoms with Crippen molar-refractivity contribution in [3.63, 3.8) is 0 Å². The van der Waals surface area contributed by atoms with Crippen LogP contribution in [0.25, 0.3) is 0 Å². The van der Waals surface area contributed by atoms with Crippen LogP contribution < -0.4 is 5.32 Å². The van der Waals surface area contributed by atoms with E-state index >= 15 is 0 Å². The van der Waals surface area contributed by atoms with Gasteiger partial charge in [0.25, 0.3) is 0 Å². The molecule has 2 unspecified atom stereocenters. The molecule has 1 saturated carbocycles. The normalized spacial score (nSPS) is 26.8. The molecule has 0 aliphatic heterocycles. The molecule has 1 aliphatic rings. The molecular weight excluding hydrogens is 250 g/mol. The first kappa shape index (κ1) is 15.1. The van der Waals surface area contributed by atoms with Crippen molar-refractivity contribution in [1.29, 1.82) is 0 Å². The maximum absolute atomic E-state index is 3.65. The van der Waals surface area contributed by atoms with Gasteiger partial charge in [0.1, 0.15) is 0 Å². The van der Waals surface area contributed by atoms with Crippen molar-refractivity contribution in [1.82, 2.24) is 5.32 Å². The number of rotatable bonds is 5. The molecule has 1 N–H and O–H groups in total. The highest BCUT2D eigenvalue weighted by molar-refractivity contribution is 7.07. The van der Waals surface area contributed by atoms with Gasteiger partial charge in [-0.05, 0) is 71.9 Å². The summed E-state index contributed by atoms with van der Waals surface area (Å²) < 4.78 is 0. The van der Waals surface area contributed by atoms with E-state index in [0.717, 1.165) is 11.8 Å². The Balaban J connectivity index is 1.99. The minimum atomic E-state index is 0.537. The van der Waals surface area contributed by atoms with E-state index in [-0.39, 0.29) is 0 Å². The summed E-state index contributed by atoms with van der Waals surface area (Å²) in [4.78, 5) is 0. The van der Waals surface area contributed by atoms with Crippen molar-refractivity contribution in [2.24, 2.45) is 17.3 Å². The Morgan fingerprint density at radius 1 is 1.37 bits per heavy atom. The van der Waals surface area contributed by atoms with Crippen molar-refractivity contribution in [3.8, 4) is 0 Å². The van der Waals surface area contributed by atoms with Gasteiger partial charge in [0.2, 0.25) is 0 Å². The van der Waals surface area contributed by atoms with E-state index in [1.807, 2.05) is 11.3 Å². The van der Waals surface area contributed by atoms with E-state index in [2.05, 4.69) is 49.8 Å². The zero-order chi connectivity index (χ0) is 13.9. The Labute approximate surface area is 122 Å². The Hall–Kier alpha value is -0.340. The van der Waals surface area contributed by atoms with Crippen LogP contribution in [0.4, 0.5) is 0 Å². The van der Waals surface area contributed by atoms with Crippen LogP contribution in [0.2, 0.25) is 0 Å². The lowest BCUT2D eigenvalue weighted by molar-refractivity contribution is 0.114. The molecule has 1 heterocycles. The first-order valence-electron chi connectivity index (χ1n) is 7.71. The highest BCUT2D eigenvalue weighted by atomic mass is 32.1. The van der Waals surface area contributed by atoms with E-state index < -0.39 is 0 Å². The van der Waals surface area contributed by atoms with Gasteiger partial charge in [0.15, 0.2) is 0 Å². The van der Waals surface area contributed by atoms with Crippen molar-refractivity contribution in [2.75, 3.05) is 6.54 Å². The van der Waals surface area contributed by atoms with E-state index in [1.165, 1.54) is 32.2 Å². The predicted octanol–water partition coefficient (Wildman–Crippen LogP) is 4.73. The van der Waals surface area contributed by atoms with Crippen LogP contribution in [0.1, 0.15) is 52.5 Å². The first-order valence-corrected chi connectivity index (χ1v) is 8.65. The average Bonchev–Trinajstić information content (AvgIpc) is 2.79. The third-order valence-electron chi connectivity index (χ3n) is 4.54. The standard InChI is InChI=1S/C17H29NS/c1-13(2)18-11-15-5-7-17(3,4)10-16(15)9-14-6-8-19-12-14/h6,8,12-13,15-16,18H,5,7,9-11H2,1-4H3. The second-order valence-electron chi connectivity index (χ2n) is 7.33. The van der Waals surface area contributed by atoms with Crippen LogP contribution in [0.15, 0.2) is 16.8 Å². The first-order chi connectivity index (χ1) is 8.96. The maximum atomic E-state index is 3.65. The fourth-order valence-electron chi connectivity index (χ4n) is 3.40. The van der Waals surface area contributed by atoms with Gasteiger partial charge in [-0.1, -0.05) is 27.7 Å². The van der Waals surface area contributed by atoms with E-state index in [9.17, 15) is 0 Å². The second-order valence-corrected chi connectivity index (χ2v) is 8.11. The number of thiophene rings is 1. The third-order valence-corrected chi connectivity index (χ3v) is 5.27. The number of hydrogen-bond acceptors (Lipinski definition) is 2. The highest BCUT2D eigenvalue weighted by Gasteiger charge is 2.34. The molecule has 0 saturated heterocycles. The van der Waals surface area contributed by atoms with E-state index in [4.69, 9.17) is 0 Å². The lowest BCUT2D eigenvalue weighted by Crippen LogP contribution is -2.38. The Kier molecular flexibility index (Phi) is 5.08. The minimum absolute atomic E-state index is 0.537. The lowest BCUT2D eigenvalue weighted by atomic mass is 9.65. The summed E-state index contributed by atoms with van der Waals surface area (Å²) >= 11 is 1.83. The Bertz CT molecular complexity index is 365. The summed E-state index contributed by atoms with van der Waals surface area (Å²) in [6.07, 6.45) is 5.43. The molecular formula is C17H29NS. The van der Waals surface area contributed by atoms with Crippen molar-refractivity contribution < 1.29 is 0 Å². The van der Waals surface area contributed by atoms with Gasteiger partial charge in [-0.25, -0.2) is 0 Å². The smallest absolute Gasteiger partial charge is 0.00104 e. The average molecular weight is 279 g/mol. The number of nitrogens with one attached hydrogen (secondary N) is 1. The van der Waals surface area contributed by atoms with Gasteiger partial charge in [0, 0.05) is 6.04 Å². The molecule has 1 aliphatic carbocycles. The number of hydrogen-bond donors (Lipinski definition) is 1. The van der Waals surface area contributed by atoms with E-state index in [1.54, 1.807) is 5.56 Å². The lowest BCUT2D eigenvalue weighted by Gasteiger charge is -2.41. The molecule has 0 radical (unpaired) electrons. The van der Waals surface area contributed by atoms with Crippen LogP contribution in [0.3, 0.4) is 0 Å². The summed E-state index contributed by atoms with van der Waals surface area (Å²) in [5, 5.41) is 8.20. The summed E-state index contributed by atoms with van der Waals surface area (Å²) in [5.41, 5.74) is 2.08. The summed E-state index contributed by atoms with van der Waals surface area (Å²) in [6.45, 7) is 10.6. The molecule has 1 aromatic heterocycles. The summed E-state index contributed by atoms with van der Waals surface area (Å²) in [5.74, 6) is 1.71. The van der Waals surface area contributed by atoms with Gasteiger partial charge in [-0.2, -0.15) is 11.3 Å². The minimum Gasteiger partial charge on any atom is -0.314 e. The fraction of sp³-hybridized carbons (Fsp3) is 0.765. The van der Waals surface area contributed by atoms with Crippen LogP contribution >= 0.6 is 11.3 Å². The second kappa shape index (κ2) is 6.41. The molecule has 2 atom stereocenters. The molecule has 1 fully saturated rings. The molecule has 0 aromatic carbocycles. The quantitative estimate of drug-likeness (QED) is 0.821. The van der Waals surface area contributed by atoms with Crippen LogP contribution in [0.5, 0.6) is 0 Å². The van der Waals surface area contributed by atoms with Gasteiger partial charge >= 0.3 is 0 Å². The Morgan fingerprint density at radius 3 is 2.79 bits per heavy atom. The van der Waals surface area contributed by atoms with Gasteiger partial charge in [-0.15, -0.1) is 0 Å². The van der Waals surface area contributed by atoms with Gasteiger partial charge in [-0.3, -0.25) is 0 Å². The topological polar surface area (TPSA) is 12.0 Å². The predicted molar refractivity (Wildman–Crippen MR) is 85.8 cm³/mol. The summed E-state index contributed by atoms with van der Waals surface area (Å²) in [6, 6.07) is 2.91. The van der Waals surface area contributed by atoms with Crippen LogP contribution in [-0.4, -0.2) is 12.6 Å². The molecule has 19 heavy (non-hydrogen) atoms. The zero-order valence-corrected chi connectivity index (χ0v) is 13.7. The monoisotopic (exact) mass is 279 g/mol. The fourth-order valence-corrected chi connectivity index (χ4v) is 4.08. The van der Waals surface area contributed by atoms with Crippen LogP contribution in [-0.2, 0) is 6.42 Å². The molecule has 0 bridgehead atoms. The molecule has 0 spiro atoms. The molecule has 108 valence electrons. The van der Waals surface area contributed by atoms with Crippen molar-refractivity contribution in [3.05, 3.63) is 22.4 Å². The SMILES string of the molecule is CC(C)NCC1CCC(C)(C)CC1Cc1ccsc1. The zero-order valence-electron chi connectivity index (χ0n) is 12.9. The molecule has 1 aromatic rings. The molecule has 1 nitrogen and oxygen atoms in total. The maximum Gasteiger partial charge on any atom is 0.00104 e. The Morgan fingerprint density at radius 2 is 2.16 bits per heavy atom. The summed E-state index contributed by atoms with van der Waals surface area (Å²) in [7, 11) is 0. The molecule has 2 heteroatoms. The molecule has 2 rings (SSSR count). The highest BCUT2D eigenvalue weighted by Crippen LogP contribution is 2.43.